The van der Waals surface area contributed by atoms with Crippen LogP contribution in [-0.2, 0) is 23.7 Å². The van der Waals surface area contributed by atoms with Crippen LogP contribution in [0.25, 0.3) is 0 Å². The molecule has 40 heavy (non-hydrogen) atoms. The van der Waals surface area contributed by atoms with Gasteiger partial charge in [0, 0.05) is 43.6 Å². The van der Waals surface area contributed by atoms with Crippen molar-refractivity contribution in [3.63, 3.8) is 0 Å². The molecule has 1 saturated heterocycles. The first kappa shape index (κ1) is 29.0. The van der Waals surface area contributed by atoms with E-state index in [9.17, 15) is 14.4 Å². The number of benzene rings is 1. The molecule has 0 saturated carbocycles. The quantitative estimate of drug-likeness (QED) is 0.434. The number of carbonyl (C=O) groups is 3. The number of amides is 2. The third-order valence-corrected chi connectivity index (χ3v) is 7.09. The molecule has 0 aliphatic carbocycles. The largest absolute Gasteiger partial charge is 0.465 e. The first-order valence-corrected chi connectivity index (χ1v) is 13.7. The van der Waals surface area contributed by atoms with E-state index in [1.807, 2.05) is 12.1 Å². The molecule has 4 rings (SSSR count). The van der Waals surface area contributed by atoms with Gasteiger partial charge in [0.25, 0.3) is 0 Å². The fourth-order valence-corrected chi connectivity index (χ4v) is 5.10. The van der Waals surface area contributed by atoms with Crippen molar-refractivity contribution in [3.05, 3.63) is 69.2 Å². The summed E-state index contributed by atoms with van der Waals surface area (Å²) in [5.74, 6) is -1.03. The minimum absolute atomic E-state index is 0.202. The van der Waals surface area contributed by atoms with E-state index < -0.39 is 18.0 Å². The van der Waals surface area contributed by atoms with Crippen LogP contribution in [-0.4, -0.2) is 82.3 Å². The van der Waals surface area contributed by atoms with Crippen LogP contribution in [0, 0.1) is 0 Å². The normalized spacial score (nSPS) is 15.5. The van der Waals surface area contributed by atoms with E-state index in [0.717, 1.165) is 11.3 Å². The zero-order valence-corrected chi connectivity index (χ0v) is 23.5. The number of esters is 2. The summed E-state index contributed by atoms with van der Waals surface area (Å²) in [6.45, 7) is 4.76. The van der Waals surface area contributed by atoms with E-state index in [1.54, 1.807) is 37.6 Å². The molecule has 0 bridgehead atoms. The van der Waals surface area contributed by atoms with Gasteiger partial charge in [-0.1, -0.05) is 18.2 Å². The van der Waals surface area contributed by atoms with Gasteiger partial charge in [-0.3, -0.25) is 0 Å². The van der Waals surface area contributed by atoms with Crippen LogP contribution in [0.5, 0.6) is 0 Å². The van der Waals surface area contributed by atoms with Gasteiger partial charge in [-0.15, -0.1) is 11.3 Å². The minimum Gasteiger partial charge on any atom is -0.465 e. The second-order valence-corrected chi connectivity index (χ2v) is 9.66. The number of thiophene rings is 1. The number of anilines is 2. The number of rotatable bonds is 9. The summed E-state index contributed by atoms with van der Waals surface area (Å²) in [6.07, 6.45) is 2.54. The van der Waals surface area contributed by atoms with E-state index in [-0.39, 0.29) is 18.9 Å². The van der Waals surface area contributed by atoms with Crippen molar-refractivity contribution in [1.82, 2.24) is 4.90 Å². The maximum atomic E-state index is 13.0. The van der Waals surface area contributed by atoms with E-state index in [1.165, 1.54) is 18.4 Å². The lowest BCUT2D eigenvalue weighted by atomic mass is 10.1. The smallest absolute Gasteiger partial charge is 0.357 e. The molecule has 0 spiro atoms. The molecule has 212 valence electrons. The molecule has 2 aromatic rings. The Balaban J connectivity index is 1.56. The number of carbonyl (C=O) groups excluding carboxylic acids is 3. The fraction of sp³-hybridized carbons (Fsp3) is 0.357. The Labute approximate surface area is 236 Å². The number of urea groups is 1. The van der Waals surface area contributed by atoms with Gasteiger partial charge >= 0.3 is 18.0 Å². The minimum atomic E-state index is -0.519. The number of ether oxygens (including phenoxy) is 4. The maximum Gasteiger partial charge on any atom is 0.357 e. The monoisotopic (exact) mass is 568 g/mol. The molecular formula is C28H32N4O7S. The molecule has 2 aliphatic rings. The summed E-state index contributed by atoms with van der Waals surface area (Å²) in [5, 5.41) is 7.12. The van der Waals surface area contributed by atoms with Crippen LogP contribution >= 0.6 is 11.3 Å². The topological polar surface area (TPSA) is 128 Å². The van der Waals surface area contributed by atoms with Gasteiger partial charge in [-0.2, -0.15) is 0 Å². The average molecular weight is 569 g/mol. The van der Waals surface area contributed by atoms with Gasteiger partial charge in [0.2, 0.25) is 0 Å². The maximum absolute atomic E-state index is 13.0. The Bertz CT molecular complexity index is 1320. The van der Waals surface area contributed by atoms with Crippen LogP contribution in [0.15, 0.2) is 63.7 Å². The summed E-state index contributed by atoms with van der Waals surface area (Å²) in [5.41, 5.74) is 4.15. The Morgan fingerprint density at radius 2 is 1.80 bits per heavy atom. The van der Waals surface area contributed by atoms with Crippen molar-refractivity contribution in [2.45, 2.75) is 13.3 Å². The Morgan fingerprint density at radius 1 is 1.05 bits per heavy atom. The Kier molecular flexibility index (Phi) is 10.1. The highest BCUT2D eigenvalue weighted by atomic mass is 32.1. The third-order valence-electron chi connectivity index (χ3n) is 6.20. The van der Waals surface area contributed by atoms with Gasteiger partial charge in [0.15, 0.2) is 5.70 Å². The second-order valence-electron chi connectivity index (χ2n) is 8.74. The van der Waals surface area contributed by atoms with Crippen LogP contribution in [0.3, 0.4) is 0 Å². The molecule has 12 heteroatoms. The number of hydrogen-bond donors (Lipinski definition) is 2. The number of hydrogen-bond acceptors (Lipinski definition) is 10. The SMILES string of the molecule is CCOC(=O)C1=C(COC)C(N2CCOCC2)=CCC(c2ccc(NC(=O)Nc3ccsc3C(=O)OC)cc2)=N1. The number of morpholine rings is 1. The molecule has 1 aromatic heterocycles. The standard InChI is InChI=1S/C28H32N4O7S/c1-4-39-26(33)24-20(17-36-2)23(32-12-14-38-15-13-32)10-9-21(30-24)18-5-7-19(8-6-18)29-28(35)31-22-11-16-40-25(22)27(34)37-3/h5-8,10-11,16H,4,9,12-15,17H2,1-3H3,(H2,29,31,35). The van der Waals surface area contributed by atoms with Crippen LogP contribution in [0.4, 0.5) is 16.2 Å². The Hall–Kier alpha value is -4.00. The number of nitrogens with one attached hydrogen (secondary N) is 2. The summed E-state index contributed by atoms with van der Waals surface area (Å²) >= 11 is 1.18. The first-order valence-electron chi connectivity index (χ1n) is 12.8. The molecule has 1 fully saturated rings. The zero-order valence-electron chi connectivity index (χ0n) is 22.7. The second kappa shape index (κ2) is 13.9. The third kappa shape index (κ3) is 6.95. The average Bonchev–Trinajstić information content (AvgIpc) is 3.34. The summed E-state index contributed by atoms with van der Waals surface area (Å²) in [6, 6.07) is 8.27. The molecule has 0 atom stereocenters. The number of nitrogens with zero attached hydrogens (tertiary/aromatic N) is 2. The van der Waals surface area contributed by atoms with Gasteiger partial charge in [0.1, 0.15) is 4.88 Å². The molecule has 3 heterocycles. The molecule has 2 aliphatic heterocycles. The van der Waals surface area contributed by atoms with Crippen molar-refractivity contribution in [1.29, 1.82) is 0 Å². The van der Waals surface area contributed by atoms with Crippen molar-refractivity contribution < 1.29 is 33.3 Å². The van der Waals surface area contributed by atoms with Crippen LogP contribution in [0.2, 0.25) is 0 Å². The van der Waals surface area contributed by atoms with Crippen molar-refractivity contribution >= 4 is 46.4 Å². The van der Waals surface area contributed by atoms with E-state index >= 15 is 0 Å². The zero-order chi connectivity index (χ0) is 28.5. The molecule has 2 amide bonds. The number of methoxy groups -OCH3 is 2. The molecule has 0 radical (unpaired) electrons. The van der Waals surface area contributed by atoms with Gasteiger partial charge in [-0.25, -0.2) is 19.4 Å². The number of aliphatic imine (C=N–C) groups is 1. The van der Waals surface area contributed by atoms with Crippen molar-refractivity contribution in [2.75, 3.05) is 64.4 Å². The Morgan fingerprint density at radius 3 is 2.48 bits per heavy atom. The highest BCUT2D eigenvalue weighted by Crippen LogP contribution is 2.28. The number of allylic oxidation sites excluding steroid dienone is 1. The van der Waals surface area contributed by atoms with Crippen molar-refractivity contribution in [3.8, 4) is 0 Å². The van der Waals surface area contributed by atoms with Gasteiger partial charge < -0.3 is 34.5 Å². The molecule has 2 N–H and O–H groups in total. The van der Waals surface area contributed by atoms with Gasteiger partial charge in [-0.05, 0) is 36.1 Å². The van der Waals surface area contributed by atoms with Crippen molar-refractivity contribution in [2.24, 2.45) is 4.99 Å². The van der Waals surface area contributed by atoms with Crippen LogP contribution in [0.1, 0.15) is 28.6 Å². The van der Waals surface area contributed by atoms with Crippen LogP contribution < -0.4 is 10.6 Å². The lowest BCUT2D eigenvalue weighted by Crippen LogP contribution is -2.37. The molecular weight excluding hydrogens is 536 g/mol. The molecule has 11 nitrogen and oxygen atoms in total. The van der Waals surface area contributed by atoms with E-state index in [2.05, 4.69) is 21.6 Å². The molecule has 1 aromatic carbocycles. The summed E-state index contributed by atoms with van der Waals surface area (Å²) < 4.78 is 21.1. The fourth-order valence-electron chi connectivity index (χ4n) is 4.34. The lowest BCUT2D eigenvalue weighted by Gasteiger charge is -2.32. The van der Waals surface area contributed by atoms with Gasteiger partial charge in [0.05, 0.1) is 44.9 Å². The highest BCUT2D eigenvalue weighted by molar-refractivity contribution is 7.12. The lowest BCUT2D eigenvalue weighted by molar-refractivity contribution is -0.138. The molecule has 0 unspecified atom stereocenters. The van der Waals surface area contributed by atoms with E-state index in [0.29, 0.717) is 60.3 Å². The van der Waals surface area contributed by atoms with E-state index in [4.69, 9.17) is 23.9 Å². The predicted octanol–water partition coefficient (Wildman–Crippen LogP) is 4.05. The highest BCUT2D eigenvalue weighted by Gasteiger charge is 2.27. The summed E-state index contributed by atoms with van der Waals surface area (Å²) in [7, 11) is 2.87. The first-order chi connectivity index (χ1) is 19.4. The summed E-state index contributed by atoms with van der Waals surface area (Å²) in [4.78, 5) is 44.7. The predicted molar refractivity (Wildman–Crippen MR) is 152 cm³/mol.